The molecule has 0 saturated carbocycles. The summed E-state index contributed by atoms with van der Waals surface area (Å²) in [6, 6.07) is 0. The Morgan fingerprint density at radius 1 is 0.621 bits per heavy atom. The fourth-order valence-electron chi connectivity index (χ4n) is 3.94. The molecule has 0 atom stereocenters. The maximum atomic E-state index is 11.3. The molecule has 0 N–H and O–H groups in total. The normalized spacial score (nSPS) is 12.4. The minimum Gasteiger partial charge on any atom is -0.544 e. The molecular formula is C26H53NO2. The van der Waals surface area contributed by atoms with Crippen molar-refractivity contribution in [2.24, 2.45) is 0 Å². The van der Waals surface area contributed by atoms with E-state index in [1.807, 2.05) is 14.1 Å². The van der Waals surface area contributed by atoms with E-state index in [-0.39, 0.29) is 0 Å². The third-order valence-corrected chi connectivity index (χ3v) is 7.08. The lowest BCUT2D eigenvalue weighted by atomic mass is 9.99. The molecule has 0 aliphatic rings. The molecule has 0 aliphatic heterocycles. The Morgan fingerprint density at radius 3 is 1.17 bits per heavy atom. The first-order valence-corrected chi connectivity index (χ1v) is 12.8. The van der Waals surface area contributed by atoms with Gasteiger partial charge in [-0.05, 0) is 26.7 Å². The number of carboxylic acids is 1. The minimum absolute atomic E-state index is 0.494. The Hall–Kier alpha value is -0.570. The molecule has 0 heterocycles. The van der Waals surface area contributed by atoms with Crippen LogP contribution in [0.25, 0.3) is 0 Å². The number of rotatable bonds is 21. The van der Waals surface area contributed by atoms with Crippen LogP contribution in [0.3, 0.4) is 0 Å². The molecule has 0 unspecified atom stereocenters. The van der Waals surface area contributed by atoms with E-state index in [1.54, 1.807) is 13.8 Å². The molecule has 0 rings (SSSR count). The van der Waals surface area contributed by atoms with Crippen molar-refractivity contribution in [2.45, 2.75) is 142 Å². The van der Waals surface area contributed by atoms with Gasteiger partial charge in [0, 0.05) is 0 Å². The molecule has 0 aromatic carbocycles. The Balaban J connectivity index is 3.35. The second kappa shape index (κ2) is 17.1. The van der Waals surface area contributed by atoms with Gasteiger partial charge in [0.05, 0.1) is 20.6 Å². The number of aliphatic carboxylic acids is 1. The van der Waals surface area contributed by atoms with Crippen LogP contribution in [0, 0.1) is 0 Å². The summed E-state index contributed by atoms with van der Waals surface area (Å²) in [6.45, 7) is 6.74. The zero-order chi connectivity index (χ0) is 22.0. The highest BCUT2D eigenvalue weighted by atomic mass is 16.4. The van der Waals surface area contributed by atoms with E-state index in [0.717, 1.165) is 13.0 Å². The summed E-state index contributed by atoms with van der Waals surface area (Å²) in [5.41, 5.74) is -0.825. The summed E-state index contributed by atoms with van der Waals surface area (Å²) in [5, 5.41) is 11.3. The van der Waals surface area contributed by atoms with Gasteiger partial charge in [0.1, 0.15) is 11.5 Å². The highest BCUT2D eigenvalue weighted by molar-refractivity contribution is 5.73. The van der Waals surface area contributed by atoms with Gasteiger partial charge in [0.25, 0.3) is 0 Å². The monoisotopic (exact) mass is 411 g/mol. The minimum atomic E-state index is -0.954. The summed E-state index contributed by atoms with van der Waals surface area (Å²) in [4.78, 5) is 11.3. The Kier molecular flexibility index (Phi) is 16.8. The number of quaternary nitrogens is 1. The number of carboxylic acid groups (broad SMARTS) is 1. The van der Waals surface area contributed by atoms with Crippen molar-refractivity contribution in [3.8, 4) is 0 Å². The number of hydrogen-bond acceptors (Lipinski definition) is 2. The van der Waals surface area contributed by atoms with Crippen molar-refractivity contribution < 1.29 is 14.4 Å². The van der Waals surface area contributed by atoms with E-state index >= 15 is 0 Å². The van der Waals surface area contributed by atoms with Crippen molar-refractivity contribution in [1.29, 1.82) is 0 Å². The molecule has 0 saturated heterocycles. The lowest BCUT2D eigenvalue weighted by Gasteiger charge is -2.45. The summed E-state index contributed by atoms with van der Waals surface area (Å²) >= 11 is 0. The molecule has 0 amide bonds. The fourth-order valence-corrected chi connectivity index (χ4v) is 3.94. The van der Waals surface area contributed by atoms with Crippen LogP contribution in [0.2, 0.25) is 0 Å². The van der Waals surface area contributed by atoms with Gasteiger partial charge in [-0.25, -0.2) is 0 Å². The van der Waals surface area contributed by atoms with Gasteiger partial charge in [0.2, 0.25) is 0 Å². The van der Waals surface area contributed by atoms with Crippen LogP contribution in [-0.4, -0.2) is 36.6 Å². The van der Waals surface area contributed by atoms with Gasteiger partial charge in [-0.2, -0.15) is 0 Å². The van der Waals surface area contributed by atoms with Crippen LogP contribution < -0.4 is 5.11 Å². The quantitative estimate of drug-likeness (QED) is 0.157. The van der Waals surface area contributed by atoms with Crippen LogP contribution in [0.1, 0.15) is 136 Å². The number of hydrogen-bond donors (Lipinski definition) is 0. The molecule has 0 bridgehead atoms. The Bertz CT molecular complexity index is 390. The highest BCUT2D eigenvalue weighted by Gasteiger charge is 2.37. The summed E-state index contributed by atoms with van der Waals surface area (Å²) in [6.07, 6.45) is 24.8. The fraction of sp³-hybridized carbons (Fsp3) is 0.962. The highest BCUT2D eigenvalue weighted by Crippen LogP contribution is 2.21. The van der Waals surface area contributed by atoms with Crippen molar-refractivity contribution in [3.63, 3.8) is 0 Å². The first-order chi connectivity index (χ1) is 13.8. The molecule has 0 aliphatic carbocycles. The van der Waals surface area contributed by atoms with Crippen LogP contribution in [-0.2, 0) is 4.79 Å². The van der Waals surface area contributed by atoms with Gasteiger partial charge in [-0.3, -0.25) is 0 Å². The third kappa shape index (κ3) is 14.1. The summed E-state index contributed by atoms with van der Waals surface area (Å²) in [7, 11) is 4.01. The molecule has 0 aromatic heterocycles. The molecule has 0 spiro atoms. The molecule has 0 aromatic rings. The molecule has 3 heteroatoms. The zero-order valence-electron chi connectivity index (χ0n) is 20.7. The number of nitrogens with zero attached hydrogens (tertiary/aromatic N) is 1. The average Bonchev–Trinajstić information content (AvgIpc) is 2.66. The maximum Gasteiger partial charge on any atom is 0.133 e. The largest absolute Gasteiger partial charge is 0.544 e. The Labute approximate surface area is 183 Å². The van der Waals surface area contributed by atoms with E-state index in [4.69, 9.17) is 0 Å². The SMILES string of the molecule is CCCCCCCCCCCCCCCCCCCC[N+](C)(C)C(C)(C)C(=O)[O-]. The van der Waals surface area contributed by atoms with Crippen molar-refractivity contribution >= 4 is 5.97 Å². The van der Waals surface area contributed by atoms with E-state index in [2.05, 4.69) is 6.92 Å². The van der Waals surface area contributed by atoms with E-state index in [9.17, 15) is 9.90 Å². The molecule has 0 fully saturated rings. The first kappa shape index (κ1) is 28.4. The van der Waals surface area contributed by atoms with Crippen LogP contribution in [0.15, 0.2) is 0 Å². The number of unbranched alkanes of at least 4 members (excludes halogenated alkanes) is 17. The second-order valence-corrected chi connectivity index (χ2v) is 10.3. The molecule has 29 heavy (non-hydrogen) atoms. The lowest BCUT2D eigenvalue weighted by molar-refractivity contribution is -0.930. The third-order valence-electron chi connectivity index (χ3n) is 7.08. The molecular weight excluding hydrogens is 358 g/mol. The predicted molar refractivity (Wildman–Crippen MR) is 125 cm³/mol. The van der Waals surface area contributed by atoms with Crippen LogP contribution >= 0.6 is 0 Å². The summed E-state index contributed by atoms with van der Waals surface area (Å²) in [5.74, 6) is -0.954. The smallest absolute Gasteiger partial charge is 0.133 e. The lowest BCUT2D eigenvalue weighted by Crippen LogP contribution is -2.64. The zero-order valence-corrected chi connectivity index (χ0v) is 20.7. The molecule has 174 valence electrons. The second-order valence-electron chi connectivity index (χ2n) is 10.3. The Morgan fingerprint density at radius 2 is 0.897 bits per heavy atom. The van der Waals surface area contributed by atoms with Crippen LogP contribution in [0.5, 0.6) is 0 Å². The number of carbonyl (C=O) groups is 1. The maximum absolute atomic E-state index is 11.3. The van der Waals surface area contributed by atoms with Gasteiger partial charge >= 0.3 is 0 Å². The predicted octanol–water partition coefficient (Wildman–Crippen LogP) is 6.63. The topological polar surface area (TPSA) is 40.1 Å². The summed E-state index contributed by atoms with van der Waals surface area (Å²) < 4.78 is 0.494. The van der Waals surface area contributed by atoms with E-state index < -0.39 is 11.5 Å². The number of carbonyl (C=O) groups excluding carboxylic acids is 1. The van der Waals surface area contributed by atoms with Gasteiger partial charge in [-0.15, -0.1) is 0 Å². The van der Waals surface area contributed by atoms with Gasteiger partial charge in [0.15, 0.2) is 0 Å². The van der Waals surface area contributed by atoms with E-state index in [0.29, 0.717) is 4.48 Å². The van der Waals surface area contributed by atoms with Crippen LogP contribution in [0.4, 0.5) is 0 Å². The standard InChI is InChI=1S/C26H53NO2/c1-6-7-8-9-10-11-12-13-14-15-16-17-18-19-20-21-22-23-24-27(4,5)26(2,3)25(28)29/h6-24H2,1-5H3. The molecule has 3 nitrogen and oxygen atoms in total. The number of likely N-dealkylation sites (N-methyl/N-ethyl adjacent to an activating group) is 1. The van der Waals surface area contributed by atoms with Crippen molar-refractivity contribution in [2.75, 3.05) is 20.6 Å². The average molecular weight is 412 g/mol. The van der Waals surface area contributed by atoms with Gasteiger partial charge in [-0.1, -0.05) is 110 Å². The first-order valence-electron chi connectivity index (χ1n) is 12.8. The van der Waals surface area contributed by atoms with Gasteiger partial charge < -0.3 is 14.4 Å². The van der Waals surface area contributed by atoms with Crippen molar-refractivity contribution in [1.82, 2.24) is 0 Å². The van der Waals surface area contributed by atoms with Crippen molar-refractivity contribution in [3.05, 3.63) is 0 Å². The molecule has 0 radical (unpaired) electrons. The van der Waals surface area contributed by atoms with E-state index in [1.165, 1.54) is 109 Å².